The summed E-state index contributed by atoms with van der Waals surface area (Å²) >= 11 is 0. The van der Waals surface area contributed by atoms with Crippen molar-refractivity contribution in [2.24, 2.45) is 11.7 Å². The summed E-state index contributed by atoms with van der Waals surface area (Å²) in [7, 11) is 0. The monoisotopic (exact) mass is 146 g/mol. The van der Waals surface area contributed by atoms with Gasteiger partial charge in [0.2, 0.25) is 0 Å². The molecule has 2 atom stereocenters. The highest BCUT2D eigenvalue weighted by Gasteiger charge is 2.20. The molecule has 1 rings (SSSR count). The fraction of sp³-hybridized carbons (Fsp3) is 1.00. The van der Waals surface area contributed by atoms with Crippen molar-refractivity contribution in [1.29, 1.82) is 0 Å². The largest absolute Gasteiger partial charge is 0.327 e. The van der Waals surface area contributed by atoms with E-state index in [0.717, 1.165) is 19.5 Å². The zero-order valence-corrected chi connectivity index (χ0v) is 6.15. The third-order valence-electron chi connectivity index (χ3n) is 2.15. The van der Waals surface area contributed by atoms with E-state index < -0.39 is 0 Å². The topological polar surface area (TPSA) is 38.0 Å². The van der Waals surface area contributed by atoms with Crippen LogP contribution < -0.4 is 11.1 Å². The quantitative estimate of drug-likeness (QED) is 0.600. The van der Waals surface area contributed by atoms with Crippen molar-refractivity contribution in [3.8, 4) is 0 Å². The first-order valence-corrected chi connectivity index (χ1v) is 3.87. The second kappa shape index (κ2) is 3.88. The smallest absolute Gasteiger partial charge is 0.0909 e. The summed E-state index contributed by atoms with van der Waals surface area (Å²) in [6.45, 7) is 1.74. The molecule has 1 aliphatic heterocycles. The summed E-state index contributed by atoms with van der Waals surface area (Å²) in [5.41, 5.74) is 5.71. The summed E-state index contributed by atoms with van der Waals surface area (Å²) in [6, 6.07) is 0.0694. The van der Waals surface area contributed by atoms with Crippen LogP contribution in [-0.2, 0) is 0 Å². The minimum Gasteiger partial charge on any atom is -0.327 e. The van der Waals surface area contributed by atoms with E-state index in [9.17, 15) is 4.39 Å². The third kappa shape index (κ3) is 1.92. The van der Waals surface area contributed by atoms with Gasteiger partial charge < -0.3 is 11.1 Å². The maximum atomic E-state index is 11.8. The molecule has 1 fully saturated rings. The second-order valence-corrected chi connectivity index (χ2v) is 2.89. The van der Waals surface area contributed by atoms with Crippen LogP contribution in [0.4, 0.5) is 4.39 Å². The van der Waals surface area contributed by atoms with Crippen molar-refractivity contribution in [3.05, 3.63) is 0 Å². The van der Waals surface area contributed by atoms with E-state index in [0.29, 0.717) is 12.3 Å². The van der Waals surface area contributed by atoms with Crippen molar-refractivity contribution in [3.63, 3.8) is 0 Å². The summed E-state index contributed by atoms with van der Waals surface area (Å²) in [5.74, 6) is 0.510. The molecule has 10 heavy (non-hydrogen) atoms. The Morgan fingerprint density at radius 1 is 1.70 bits per heavy atom. The standard InChI is InChI=1S/C7H15FN2/c8-3-1-7(9)6-2-4-10-5-6/h6-7,10H,1-5,9H2. The molecule has 2 nitrogen and oxygen atoms in total. The Labute approximate surface area is 61.0 Å². The van der Waals surface area contributed by atoms with Gasteiger partial charge >= 0.3 is 0 Å². The first-order valence-electron chi connectivity index (χ1n) is 3.87. The number of halogens is 1. The van der Waals surface area contributed by atoms with Gasteiger partial charge in [0.05, 0.1) is 6.67 Å². The van der Waals surface area contributed by atoms with Crippen molar-refractivity contribution in [1.82, 2.24) is 5.32 Å². The van der Waals surface area contributed by atoms with Crippen LogP contribution in [0.5, 0.6) is 0 Å². The molecule has 1 aliphatic rings. The van der Waals surface area contributed by atoms with Crippen LogP contribution in [0.1, 0.15) is 12.8 Å². The predicted octanol–water partition coefficient (Wildman–Crippen LogP) is 0.283. The normalized spacial score (nSPS) is 28.8. The van der Waals surface area contributed by atoms with Crippen molar-refractivity contribution < 1.29 is 4.39 Å². The van der Waals surface area contributed by atoms with E-state index in [1.54, 1.807) is 0 Å². The van der Waals surface area contributed by atoms with Crippen molar-refractivity contribution in [2.75, 3.05) is 19.8 Å². The highest BCUT2D eigenvalue weighted by molar-refractivity contribution is 4.80. The Hall–Kier alpha value is -0.150. The van der Waals surface area contributed by atoms with Gasteiger partial charge in [0, 0.05) is 6.04 Å². The van der Waals surface area contributed by atoms with E-state index in [1.165, 1.54) is 0 Å². The maximum absolute atomic E-state index is 11.8. The van der Waals surface area contributed by atoms with Crippen LogP contribution in [-0.4, -0.2) is 25.8 Å². The number of hydrogen-bond donors (Lipinski definition) is 2. The molecule has 0 bridgehead atoms. The summed E-state index contributed by atoms with van der Waals surface area (Å²) in [4.78, 5) is 0. The first-order chi connectivity index (χ1) is 4.84. The van der Waals surface area contributed by atoms with Crippen LogP contribution >= 0.6 is 0 Å². The lowest BCUT2D eigenvalue weighted by molar-refractivity contribution is 0.370. The lowest BCUT2D eigenvalue weighted by Gasteiger charge is -2.15. The zero-order valence-electron chi connectivity index (χ0n) is 6.15. The number of hydrogen-bond acceptors (Lipinski definition) is 2. The van der Waals surface area contributed by atoms with Crippen LogP contribution in [0, 0.1) is 5.92 Å². The number of nitrogens with one attached hydrogen (secondary N) is 1. The lowest BCUT2D eigenvalue weighted by atomic mass is 9.98. The average Bonchev–Trinajstić information content (AvgIpc) is 2.38. The highest BCUT2D eigenvalue weighted by Crippen LogP contribution is 2.13. The molecule has 0 saturated carbocycles. The Kier molecular flexibility index (Phi) is 3.09. The van der Waals surface area contributed by atoms with Gasteiger partial charge in [0.15, 0.2) is 0 Å². The molecular formula is C7H15FN2. The molecule has 0 aromatic heterocycles. The molecule has 3 heteroatoms. The van der Waals surface area contributed by atoms with Crippen LogP contribution in [0.15, 0.2) is 0 Å². The zero-order chi connectivity index (χ0) is 7.40. The van der Waals surface area contributed by atoms with E-state index in [2.05, 4.69) is 5.32 Å². The minimum absolute atomic E-state index is 0.0694. The minimum atomic E-state index is -0.280. The van der Waals surface area contributed by atoms with E-state index in [4.69, 9.17) is 5.73 Å². The van der Waals surface area contributed by atoms with Crippen LogP contribution in [0.2, 0.25) is 0 Å². The predicted molar refractivity (Wildman–Crippen MR) is 39.5 cm³/mol. The first kappa shape index (κ1) is 7.95. The van der Waals surface area contributed by atoms with E-state index in [1.807, 2.05) is 0 Å². The molecular weight excluding hydrogens is 131 g/mol. The average molecular weight is 146 g/mol. The van der Waals surface area contributed by atoms with Gasteiger partial charge in [-0.15, -0.1) is 0 Å². The summed E-state index contributed by atoms with van der Waals surface area (Å²) < 4.78 is 11.8. The number of rotatable bonds is 3. The molecule has 60 valence electrons. The fourth-order valence-electron chi connectivity index (χ4n) is 1.40. The lowest BCUT2D eigenvalue weighted by Crippen LogP contribution is -2.31. The number of alkyl halides is 1. The molecule has 1 saturated heterocycles. The fourth-order valence-corrected chi connectivity index (χ4v) is 1.40. The summed E-state index contributed by atoms with van der Waals surface area (Å²) in [6.07, 6.45) is 1.63. The van der Waals surface area contributed by atoms with E-state index in [-0.39, 0.29) is 12.7 Å². The van der Waals surface area contributed by atoms with Gasteiger partial charge in [-0.2, -0.15) is 0 Å². The Balaban J connectivity index is 2.18. The van der Waals surface area contributed by atoms with Gasteiger partial charge in [-0.1, -0.05) is 0 Å². The molecule has 0 aliphatic carbocycles. The Bertz CT molecular complexity index is 91.6. The molecule has 0 radical (unpaired) electrons. The Morgan fingerprint density at radius 3 is 3.00 bits per heavy atom. The van der Waals surface area contributed by atoms with E-state index >= 15 is 0 Å². The molecule has 0 amide bonds. The Morgan fingerprint density at radius 2 is 2.50 bits per heavy atom. The highest BCUT2D eigenvalue weighted by atomic mass is 19.1. The molecule has 0 spiro atoms. The molecule has 1 heterocycles. The second-order valence-electron chi connectivity index (χ2n) is 2.89. The van der Waals surface area contributed by atoms with Gasteiger partial charge in [-0.25, -0.2) is 0 Å². The third-order valence-corrected chi connectivity index (χ3v) is 2.15. The van der Waals surface area contributed by atoms with Crippen molar-refractivity contribution >= 4 is 0 Å². The van der Waals surface area contributed by atoms with Gasteiger partial charge in [0.25, 0.3) is 0 Å². The number of nitrogens with two attached hydrogens (primary N) is 1. The van der Waals surface area contributed by atoms with Crippen LogP contribution in [0.3, 0.4) is 0 Å². The SMILES string of the molecule is NC(CCF)C1CCNC1. The molecule has 2 unspecified atom stereocenters. The van der Waals surface area contributed by atoms with Crippen LogP contribution in [0.25, 0.3) is 0 Å². The van der Waals surface area contributed by atoms with Gasteiger partial charge in [-0.05, 0) is 31.8 Å². The molecule has 3 N–H and O–H groups in total. The van der Waals surface area contributed by atoms with Gasteiger partial charge in [0.1, 0.15) is 0 Å². The van der Waals surface area contributed by atoms with Gasteiger partial charge in [-0.3, -0.25) is 4.39 Å². The van der Waals surface area contributed by atoms with Crippen molar-refractivity contribution in [2.45, 2.75) is 18.9 Å². The molecule has 0 aromatic rings. The maximum Gasteiger partial charge on any atom is 0.0909 e. The molecule has 0 aromatic carbocycles. The summed E-state index contributed by atoms with van der Waals surface area (Å²) in [5, 5.41) is 3.21.